The zero-order chi connectivity index (χ0) is 15.6. The first-order valence-electron chi connectivity index (χ1n) is 7.66. The van der Waals surface area contributed by atoms with E-state index in [2.05, 4.69) is 15.2 Å². The van der Waals surface area contributed by atoms with Gasteiger partial charge in [-0.15, -0.1) is 0 Å². The van der Waals surface area contributed by atoms with E-state index < -0.39 is 10.0 Å². The molecule has 1 fully saturated rings. The van der Waals surface area contributed by atoms with Crippen LogP contribution in [0.25, 0.3) is 0 Å². The molecule has 120 valence electrons. The molecule has 0 saturated carbocycles. The van der Waals surface area contributed by atoms with Crippen molar-refractivity contribution in [2.45, 2.75) is 24.3 Å². The van der Waals surface area contributed by atoms with Gasteiger partial charge >= 0.3 is 0 Å². The molecule has 0 aliphatic carbocycles. The molecule has 1 N–H and O–H groups in total. The summed E-state index contributed by atoms with van der Waals surface area (Å²) >= 11 is 0. The highest BCUT2D eigenvalue weighted by molar-refractivity contribution is 7.89. The summed E-state index contributed by atoms with van der Waals surface area (Å²) in [7, 11) is -1.31. The molecule has 22 heavy (non-hydrogen) atoms. The molecule has 1 saturated heterocycles. The Morgan fingerprint density at radius 3 is 2.41 bits per heavy atom. The lowest BCUT2D eigenvalue weighted by molar-refractivity contribution is 0.477. The highest BCUT2D eigenvalue weighted by atomic mass is 32.2. The predicted octanol–water partition coefficient (Wildman–Crippen LogP) is 0.862. The number of hydrogen-bond donors (Lipinski definition) is 1. The summed E-state index contributed by atoms with van der Waals surface area (Å²) in [4.78, 5) is 6.83. The van der Waals surface area contributed by atoms with Crippen molar-refractivity contribution in [1.29, 1.82) is 0 Å². The molecule has 1 aromatic carbocycles. The second-order valence-electron chi connectivity index (χ2n) is 5.74. The molecular formula is C15H22N4O2S. The van der Waals surface area contributed by atoms with E-state index in [0.29, 0.717) is 24.5 Å². The molecule has 2 heterocycles. The molecule has 6 nitrogen and oxygen atoms in total. The van der Waals surface area contributed by atoms with Gasteiger partial charge in [0, 0.05) is 33.2 Å². The van der Waals surface area contributed by atoms with Gasteiger partial charge in [-0.05, 0) is 30.5 Å². The van der Waals surface area contributed by atoms with Crippen LogP contribution in [0, 0.1) is 0 Å². The maximum absolute atomic E-state index is 12.4. The standard InChI is InChI=1S/C15H22N4O2S/c1-18-11-8-16-15(18)17-12-13-4-6-14(7-5-13)22(20,21)19-9-2-3-10-19/h4-7H,2-3,8-12H2,1H3,(H,16,17). The van der Waals surface area contributed by atoms with Crippen molar-refractivity contribution in [3.63, 3.8) is 0 Å². The Morgan fingerprint density at radius 2 is 1.82 bits per heavy atom. The number of sulfonamides is 1. The molecular weight excluding hydrogens is 300 g/mol. The van der Waals surface area contributed by atoms with Crippen LogP contribution in [0.15, 0.2) is 34.2 Å². The van der Waals surface area contributed by atoms with Crippen LogP contribution >= 0.6 is 0 Å². The van der Waals surface area contributed by atoms with Crippen molar-refractivity contribution in [2.24, 2.45) is 4.99 Å². The molecule has 0 bridgehead atoms. The minimum Gasteiger partial charge on any atom is -0.352 e. The van der Waals surface area contributed by atoms with Gasteiger partial charge in [0.2, 0.25) is 10.0 Å². The molecule has 3 rings (SSSR count). The van der Waals surface area contributed by atoms with Gasteiger partial charge in [-0.1, -0.05) is 12.1 Å². The third kappa shape index (κ3) is 3.10. The number of aliphatic imine (C=N–C) groups is 1. The Morgan fingerprint density at radius 1 is 1.14 bits per heavy atom. The number of likely N-dealkylation sites (N-methyl/N-ethyl adjacent to an activating group) is 1. The zero-order valence-electron chi connectivity index (χ0n) is 12.8. The minimum atomic E-state index is -3.31. The summed E-state index contributed by atoms with van der Waals surface area (Å²) < 4.78 is 26.5. The van der Waals surface area contributed by atoms with E-state index in [1.807, 2.05) is 19.2 Å². The molecule has 0 aromatic heterocycles. The van der Waals surface area contributed by atoms with Gasteiger partial charge in [-0.3, -0.25) is 4.99 Å². The smallest absolute Gasteiger partial charge is 0.243 e. The molecule has 2 aliphatic rings. The number of nitrogens with one attached hydrogen (secondary N) is 1. The summed E-state index contributed by atoms with van der Waals surface area (Å²) in [6.07, 6.45) is 1.91. The second kappa shape index (κ2) is 6.26. The zero-order valence-corrected chi connectivity index (χ0v) is 13.6. The number of rotatable bonds is 4. The fourth-order valence-electron chi connectivity index (χ4n) is 2.76. The highest BCUT2D eigenvalue weighted by Crippen LogP contribution is 2.21. The van der Waals surface area contributed by atoms with Crippen LogP contribution in [0.2, 0.25) is 0 Å². The Balaban J connectivity index is 1.65. The van der Waals surface area contributed by atoms with Crippen LogP contribution in [0.1, 0.15) is 18.4 Å². The molecule has 0 spiro atoms. The van der Waals surface area contributed by atoms with Gasteiger partial charge in [-0.25, -0.2) is 8.42 Å². The summed E-state index contributed by atoms with van der Waals surface area (Å²) in [6, 6.07) is 7.13. The van der Waals surface area contributed by atoms with E-state index in [4.69, 9.17) is 0 Å². The van der Waals surface area contributed by atoms with E-state index in [1.54, 1.807) is 16.4 Å². The van der Waals surface area contributed by atoms with E-state index in [9.17, 15) is 8.42 Å². The van der Waals surface area contributed by atoms with Gasteiger partial charge in [-0.2, -0.15) is 4.31 Å². The largest absolute Gasteiger partial charge is 0.352 e. The van der Waals surface area contributed by atoms with Gasteiger partial charge in [0.25, 0.3) is 0 Å². The molecule has 7 heteroatoms. The first kappa shape index (κ1) is 15.3. The van der Waals surface area contributed by atoms with Gasteiger partial charge in [0.05, 0.1) is 11.4 Å². The lowest BCUT2D eigenvalue weighted by atomic mass is 10.2. The van der Waals surface area contributed by atoms with Crippen molar-refractivity contribution < 1.29 is 8.42 Å². The predicted molar refractivity (Wildman–Crippen MR) is 86.2 cm³/mol. The van der Waals surface area contributed by atoms with Crippen LogP contribution in [0.4, 0.5) is 0 Å². The first-order chi connectivity index (χ1) is 10.6. The fourth-order valence-corrected chi connectivity index (χ4v) is 4.28. The number of guanidine groups is 1. The second-order valence-corrected chi connectivity index (χ2v) is 7.67. The van der Waals surface area contributed by atoms with Crippen molar-refractivity contribution in [3.05, 3.63) is 29.8 Å². The van der Waals surface area contributed by atoms with Crippen LogP contribution in [-0.4, -0.2) is 56.8 Å². The fraction of sp³-hybridized carbons (Fsp3) is 0.533. The van der Waals surface area contributed by atoms with E-state index in [1.165, 1.54) is 0 Å². The topological polar surface area (TPSA) is 65.0 Å². The normalized spacial score (nSPS) is 19.5. The summed E-state index contributed by atoms with van der Waals surface area (Å²) in [5.41, 5.74) is 1.04. The maximum Gasteiger partial charge on any atom is 0.243 e. The van der Waals surface area contributed by atoms with Gasteiger partial charge in [0.1, 0.15) is 0 Å². The van der Waals surface area contributed by atoms with E-state index in [-0.39, 0.29) is 0 Å². The first-order valence-corrected chi connectivity index (χ1v) is 9.10. The molecule has 1 aromatic rings. The lowest BCUT2D eigenvalue weighted by Gasteiger charge is -2.17. The highest BCUT2D eigenvalue weighted by Gasteiger charge is 2.26. The third-order valence-corrected chi connectivity index (χ3v) is 6.05. The summed E-state index contributed by atoms with van der Waals surface area (Å²) in [6.45, 7) is 3.68. The Bertz CT molecular complexity index is 649. The molecule has 0 radical (unpaired) electrons. The summed E-state index contributed by atoms with van der Waals surface area (Å²) in [5, 5.41) is 3.28. The van der Waals surface area contributed by atoms with Gasteiger partial charge in [0.15, 0.2) is 5.96 Å². The number of hydrogen-bond acceptors (Lipinski definition) is 5. The van der Waals surface area contributed by atoms with E-state index >= 15 is 0 Å². The minimum absolute atomic E-state index is 0.383. The molecule has 2 aliphatic heterocycles. The lowest BCUT2D eigenvalue weighted by Crippen LogP contribution is -2.35. The number of benzene rings is 1. The van der Waals surface area contributed by atoms with E-state index in [0.717, 1.165) is 37.5 Å². The van der Waals surface area contributed by atoms with Crippen molar-refractivity contribution in [1.82, 2.24) is 14.5 Å². The van der Waals surface area contributed by atoms with Gasteiger partial charge < -0.3 is 10.2 Å². The van der Waals surface area contributed by atoms with Crippen LogP contribution < -0.4 is 5.32 Å². The van der Waals surface area contributed by atoms with Crippen LogP contribution in [0.5, 0.6) is 0 Å². The maximum atomic E-state index is 12.4. The molecule has 0 unspecified atom stereocenters. The monoisotopic (exact) mass is 322 g/mol. The van der Waals surface area contributed by atoms with Crippen molar-refractivity contribution in [3.8, 4) is 0 Å². The Kier molecular flexibility index (Phi) is 4.35. The number of nitrogens with zero attached hydrogens (tertiary/aromatic N) is 3. The van der Waals surface area contributed by atoms with Crippen LogP contribution in [0.3, 0.4) is 0 Å². The van der Waals surface area contributed by atoms with Crippen LogP contribution in [-0.2, 0) is 16.6 Å². The average molecular weight is 322 g/mol. The quantitative estimate of drug-likeness (QED) is 0.893. The van der Waals surface area contributed by atoms with Crippen molar-refractivity contribution >= 4 is 16.0 Å². The molecule has 0 atom stereocenters. The average Bonchev–Trinajstić information content (AvgIpc) is 3.17. The Hall–Kier alpha value is -1.60. The Labute approximate surface area is 131 Å². The van der Waals surface area contributed by atoms with Crippen molar-refractivity contribution in [2.75, 3.05) is 33.2 Å². The SMILES string of the molecule is CN1CCN=C1NCc1ccc(S(=O)(=O)N2CCCC2)cc1. The summed E-state index contributed by atoms with van der Waals surface area (Å²) in [5.74, 6) is 0.897. The molecule has 0 amide bonds. The third-order valence-electron chi connectivity index (χ3n) is 4.14.